The van der Waals surface area contributed by atoms with Gasteiger partial charge in [-0.1, -0.05) is 18.2 Å². The van der Waals surface area contributed by atoms with Crippen LogP contribution in [0.15, 0.2) is 59.7 Å². The average Bonchev–Trinajstić information content (AvgIpc) is 3.36. The van der Waals surface area contributed by atoms with Crippen LogP contribution in [0, 0.1) is 5.92 Å². The van der Waals surface area contributed by atoms with E-state index >= 15 is 0 Å². The van der Waals surface area contributed by atoms with Crippen molar-refractivity contribution in [2.45, 2.75) is 26.9 Å². The van der Waals surface area contributed by atoms with Crippen LogP contribution in [-0.4, -0.2) is 67.7 Å². The lowest BCUT2D eigenvalue weighted by molar-refractivity contribution is -0.132. The largest absolute Gasteiger partial charge is 0.492 e. The highest BCUT2D eigenvalue weighted by molar-refractivity contribution is 5.81. The molecule has 7 nitrogen and oxygen atoms in total. The third-order valence-electron chi connectivity index (χ3n) is 7.35. The molecular weight excluding hydrogens is 487 g/mol. The van der Waals surface area contributed by atoms with Crippen LogP contribution in [0.3, 0.4) is 0 Å². The Balaban J connectivity index is 1.37. The molecule has 0 aliphatic carbocycles. The maximum Gasteiger partial charge on any atom is 0.308 e. The zero-order valence-electron chi connectivity index (χ0n) is 22.0. The number of nitrogens with zero attached hydrogens (tertiary/aromatic N) is 2. The summed E-state index contributed by atoms with van der Waals surface area (Å²) < 4.78 is 30.4. The number of fused-ring (bicyclic) bond motifs is 1. The Kier molecular flexibility index (Phi) is 7.51. The molecule has 0 spiro atoms. The highest BCUT2D eigenvalue weighted by Crippen LogP contribution is 2.46. The molecule has 3 aliphatic heterocycles. The van der Waals surface area contributed by atoms with Crippen LogP contribution in [0.4, 0.5) is 4.39 Å². The van der Waals surface area contributed by atoms with Gasteiger partial charge in [-0.15, -0.1) is 0 Å². The van der Waals surface area contributed by atoms with Crippen LogP contribution in [-0.2, 0) is 9.59 Å². The molecule has 5 rings (SSSR count). The van der Waals surface area contributed by atoms with Gasteiger partial charge >= 0.3 is 5.97 Å². The first-order valence-corrected chi connectivity index (χ1v) is 13.0. The molecule has 0 radical (unpaired) electrons. The number of hydrogen-bond acceptors (Lipinski definition) is 6. The fourth-order valence-electron chi connectivity index (χ4n) is 5.28. The van der Waals surface area contributed by atoms with Gasteiger partial charge in [-0.25, -0.2) is 0 Å². The second-order valence-corrected chi connectivity index (χ2v) is 10.1. The number of allylic oxidation sites excluding steroid dienone is 1. The quantitative estimate of drug-likeness (QED) is 0.375. The van der Waals surface area contributed by atoms with Crippen LogP contribution < -0.4 is 14.2 Å². The number of alkyl halides is 1. The molecule has 1 saturated heterocycles. The lowest BCUT2D eigenvalue weighted by Crippen LogP contribution is -2.49. The number of benzene rings is 2. The minimum absolute atomic E-state index is 0.0280. The summed E-state index contributed by atoms with van der Waals surface area (Å²) in [4.78, 5) is 27.5. The Bertz CT molecular complexity index is 1280. The van der Waals surface area contributed by atoms with Gasteiger partial charge in [0.15, 0.2) is 0 Å². The first-order chi connectivity index (χ1) is 18.3. The van der Waals surface area contributed by atoms with Crippen molar-refractivity contribution in [3.8, 4) is 17.2 Å². The molecule has 3 heterocycles. The zero-order valence-corrected chi connectivity index (χ0v) is 22.0. The number of halogens is 1. The smallest absolute Gasteiger partial charge is 0.308 e. The molecule has 0 saturated carbocycles. The summed E-state index contributed by atoms with van der Waals surface area (Å²) in [6, 6.07) is 13.3. The minimum atomic E-state index is -0.381. The van der Waals surface area contributed by atoms with Gasteiger partial charge in [0.05, 0.1) is 6.67 Å². The molecular formula is C30H33FN2O5. The van der Waals surface area contributed by atoms with E-state index in [9.17, 15) is 14.0 Å². The van der Waals surface area contributed by atoms with Crippen molar-refractivity contribution < 1.29 is 28.2 Å². The number of esters is 1. The predicted octanol–water partition coefficient (Wildman–Crippen LogP) is 4.59. The second-order valence-electron chi connectivity index (χ2n) is 10.1. The Hall–Kier alpha value is -3.65. The minimum Gasteiger partial charge on any atom is -0.492 e. The molecule has 1 unspecified atom stereocenters. The van der Waals surface area contributed by atoms with Gasteiger partial charge in [-0.2, -0.15) is 0 Å². The Morgan fingerprint density at radius 1 is 1.08 bits per heavy atom. The summed E-state index contributed by atoms with van der Waals surface area (Å²) in [6.45, 7) is 8.75. The highest BCUT2D eigenvalue weighted by atomic mass is 19.1. The molecule has 1 atom stereocenters. The van der Waals surface area contributed by atoms with E-state index in [1.165, 1.54) is 6.92 Å². The molecule has 1 amide bonds. The Labute approximate surface area is 222 Å². The van der Waals surface area contributed by atoms with Gasteiger partial charge in [0.2, 0.25) is 5.91 Å². The fourth-order valence-corrected chi connectivity index (χ4v) is 5.28. The van der Waals surface area contributed by atoms with Gasteiger partial charge in [-0.3, -0.25) is 18.9 Å². The van der Waals surface area contributed by atoms with Crippen molar-refractivity contribution in [2.75, 3.05) is 46.0 Å². The van der Waals surface area contributed by atoms with E-state index in [0.717, 1.165) is 53.2 Å². The van der Waals surface area contributed by atoms with Crippen LogP contribution in [0.25, 0.3) is 5.57 Å². The van der Waals surface area contributed by atoms with Crippen LogP contribution in [0.1, 0.15) is 38.0 Å². The van der Waals surface area contributed by atoms with Crippen LogP contribution >= 0.6 is 0 Å². The molecule has 2 aromatic rings. The first-order valence-electron chi connectivity index (χ1n) is 13.0. The molecule has 8 heteroatoms. The maximum absolute atomic E-state index is 12.6. The number of rotatable bonds is 8. The summed E-state index contributed by atoms with van der Waals surface area (Å²) in [5, 5.41) is 0. The van der Waals surface area contributed by atoms with E-state index in [1.807, 2.05) is 43.3 Å². The highest BCUT2D eigenvalue weighted by Gasteiger charge is 2.33. The van der Waals surface area contributed by atoms with Gasteiger partial charge in [-0.05, 0) is 54.0 Å². The molecule has 2 aromatic carbocycles. The summed E-state index contributed by atoms with van der Waals surface area (Å²) in [7, 11) is 0. The summed E-state index contributed by atoms with van der Waals surface area (Å²) >= 11 is 0. The van der Waals surface area contributed by atoms with Gasteiger partial charge < -0.3 is 19.1 Å². The number of ether oxygens (including phenoxy) is 3. The summed E-state index contributed by atoms with van der Waals surface area (Å²) in [6.07, 6.45) is 1.71. The Morgan fingerprint density at radius 2 is 1.82 bits per heavy atom. The lowest BCUT2D eigenvalue weighted by atomic mass is 9.86. The van der Waals surface area contributed by atoms with E-state index in [2.05, 4.69) is 11.0 Å². The van der Waals surface area contributed by atoms with Crippen molar-refractivity contribution in [1.82, 2.24) is 9.80 Å². The lowest BCUT2D eigenvalue weighted by Gasteiger charge is -2.37. The van der Waals surface area contributed by atoms with Crippen LogP contribution in [0.5, 0.6) is 17.2 Å². The van der Waals surface area contributed by atoms with E-state index in [1.54, 1.807) is 17.9 Å². The normalized spacial score (nSPS) is 19.4. The molecule has 1 fully saturated rings. The molecule has 0 bridgehead atoms. The van der Waals surface area contributed by atoms with Crippen molar-refractivity contribution in [1.29, 1.82) is 0 Å². The summed E-state index contributed by atoms with van der Waals surface area (Å²) in [5.41, 5.74) is 4.90. The van der Waals surface area contributed by atoms with E-state index in [0.29, 0.717) is 31.2 Å². The van der Waals surface area contributed by atoms with Gasteiger partial charge in [0.1, 0.15) is 30.0 Å². The van der Waals surface area contributed by atoms with E-state index < -0.39 is 0 Å². The topological polar surface area (TPSA) is 68.3 Å². The molecule has 200 valence electrons. The number of carbonyl (C=O) groups excluding carboxylic acids is 2. The van der Waals surface area contributed by atoms with Crippen molar-refractivity contribution in [3.63, 3.8) is 0 Å². The molecule has 0 aromatic heterocycles. The standard InChI is InChI=1S/C30H33FN2O5/c1-19-27-14-26(37-21(3)35)8-9-28(27)38-30(29(19)24-10-11-33(18-24)20(2)34)23-4-6-25(7-5-23)36-13-12-32-16-22(15-31)17-32/h4-10,14,22,30H,11-13,15-18H2,1-3H3. The first kappa shape index (κ1) is 26.0. The number of amides is 1. The van der Waals surface area contributed by atoms with Crippen molar-refractivity contribution in [2.24, 2.45) is 5.92 Å². The summed E-state index contributed by atoms with van der Waals surface area (Å²) in [5.74, 6) is 1.75. The number of carbonyl (C=O) groups is 2. The second kappa shape index (κ2) is 11.0. The average molecular weight is 521 g/mol. The Morgan fingerprint density at radius 3 is 2.47 bits per heavy atom. The van der Waals surface area contributed by atoms with Gasteiger partial charge in [0, 0.05) is 63.6 Å². The maximum atomic E-state index is 12.6. The fraction of sp³-hybridized carbons (Fsp3) is 0.400. The number of hydrogen-bond donors (Lipinski definition) is 0. The third-order valence-corrected chi connectivity index (χ3v) is 7.35. The van der Waals surface area contributed by atoms with E-state index in [-0.39, 0.29) is 30.6 Å². The van der Waals surface area contributed by atoms with Crippen LogP contribution in [0.2, 0.25) is 0 Å². The van der Waals surface area contributed by atoms with Crippen molar-refractivity contribution in [3.05, 3.63) is 70.8 Å². The zero-order chi connectivity index (χ0) is 26.8. The SMILES string of the molecule is CC(=O)Oc1ccc2c(c1)C(C)=C(C1=CCN(C(C)=O)C1)C(c1ccc(OCCN3CC(CF)C3)cc1)O2. The van der Waals surface area contributed by atoms with E-state index in [4.69, 9.17) is 14.2 Å². The third kappa shape index (κ3) is 5.45. The molecule has 38 heavy (non-hydrogen) atoms. The molecule has 0 N–H and O–H groups in total. The monoisotopic (exact) mass is 520 g/mol. The number of likely N-dealkylation sites (tertiary alicyclic amines) is 1. The predicted molar refractivity (Wildman–Crippen MR) is 142 cm³/mol. The molecule has 3 aliphatic rings. The van der Waals surface area contributed by atoms with Gasteiger partial charge in [0.25, 0.3) is 0 Å². The van der Waals surface area contributed by atoms with Crippen molar-refractivity contribution >= 4 is 17.4 Å².